The number of nitrogens with two attached hydrogens (primary N) is 1. The van der Waals surface area contributed by atoms with Crippen LogP contribution in [0.5, 0.6) is 0 Å². The molecular weight excluding hydrogens is 392 g/mol. The predicted molar refractivity (Wildman–Crippen MR) is 116 cm³/mol. The molecule has 2 atom stereocenters. The molecule has 2 aromatic heterocycles. The van der Waals surface area contributed by atoms with Crippen molar-refractivity contribution in [3.63, 3.8) is 0 Å². The quantitative estimate of drug-likeness (QED) is 0.686. The lowest BCUT2D eigenvalue weighted by atomic mass is 10.1. The molecular formula is C21H25ClN4OS. The van der Waals surface area contributed by atoms with E-state index in [0.717, 1.165) is 29.1 Å². The standard InChI is InChI=1S/C21H24N4OS.ClH/c1-15-10-17(11-22)13-25(15)21(26)18-14-24(12-16-6-3-2-4-7-16)23-20(18)19-8-5-9-27-19;/h2-9,14-15,17H,10-13,22H2,1H3;1H. The van der Waals surface area contributed by atoms with E-state index < -0.39 is 0 Å². The molecule has 1 aliphatic rings. The Labute approximate surface area is 175 Å². The van der Waals surface area contributed by atoms with Crippen LogP contribution < -0.4 is 5.73 Å². The van der Waals surface area contributed by atoms with Crippen LogP contribution in [0.25, 0.3) is 10.6 Å². The number of carbonyl (C=O) groups is 1. The molecule has 2 unspecified atom stereocenters. The lowest BCUT2D eigenvalue weighted by molar-refractivity contribution is 0.0744. The van der Waals surface area contributed by atoms with Crippen LogP contribution >= 0.6 is 23.7 Å². The molecule has 1 fully saturated rings. The van der Waals surface area contributed by atoms with E-state index in [0.29, 0.717) is 24.6 Å². The van der Waals surface area contributed by atoms with Crippen molar-refractivity contribution >= 4 is 29.7 Å². The molecule has 2 N–H and O–H groups in total. The monoisotopic (exact) mass is 416 g/mol. The van der Waals surface area contributed by atoms with E-state index in [2.05, 4.69) is 19.1 Å². The molecule has 4 rings (SSSR count). The fraction of sp³-hybridized carbons (Fsp3) is 0.333. The Balaban J connectivity index is 0.00000225. The highest BCUT2D eigenvalue weighted by molar-refractivity contribution is 7.13. The summed E-state index contributed by atoms with van der Waals surface area (Å²) in [4.78, 5) is 16.3. The molecule has 0 aliphatic carbocycles. The molecule has 0 radical (unpaired) electrons. The summed E-state index contributed by atoms with van der Waals surface area (Å²) >= 11 is 1.61. The number of benzene rings is 1. The molecule has 28 heavy (non-hydrogen) atoms. The van der Waals surface area contributed by atoms with Gasteiger partial charge in [-0.25, -0.2) is 0 Å². The van der Waals surface area contributed by atoms with Crippen LogP contribution in [0.4, 0.5) is 0 Å². The predicted octanol–water partition coefficient (Wildman–Crippen LogP) is 3.89. The smallest absolute Gasteiger partial charge is 0.257 e. The molecule has 1 amide bonds. The Morgan fingerprint density at radius 1 is 1.25 bits per heavy atom. The molecule has 1 aliphatic heterocycles. The molecule has 3 aromatic rings. The van der Waals surface area contributed by atoms with Gasteiger partial charge in [-0.05, 0) is 42.8 Å². The maximum Gasteiger partial charge on any atom is 0.257 e. The van der Waals surface area contributed by atoms with E-state index in [1.165, 1.54) is 0 Å². The normalized spacial score (nSPS) is 18.9. The number of aromatic nitrogens is 2. The summed E-state index contributed by atoms with van der Waals surface area (Å²) in [6, 6.07) is 14.4. The number of nitrogens with zero attached hydrogens (tertiary/aromatic N) is 3. The van der Waals surface area contributed by atoms with Crippen molar-refractivity contribution in [2.24, 2.45) is 11.7 Å². The molecule has 148 valence electrons. The van der Waals surface area contributed by atoms with Crippen molar-refractivity contribution in [3.8, 4) is 10.6 Å². The molecule has 7 heteroatoms. The zero-order chi connectivity index (χ0) is 18.8. The molecule has 5 nitrogen and oxygen atoms in total. The molecule has 0 bridgehead atoms. The van der Waals surface area contributed by atoms with Crippen LogP contribution in [0.2, 0.25) is 0 Å². The van der Waals surface area contributed by atoms with Gasteiger partial charge in [-0.1, -0.05) is 36.4 Å². The van der Waals surface area contributed by atoms with E-state index in [-0.39, 0.29) is 24.4 Å². The topological polar surface area (TPSA) is 64.2 Å². The Kier molecular flexibility index (Phi) is 6.54. The van der Waals surface area contributed by atoms with Gasteiger partial charge in [-0.15, -0.1) is 23.7 Å². The van der Waals surface area contributed by atoms with Crippen LogP contribution in [-0.2, 0) is 6.54 Å². The first-order chi connectivity index (χ1) is 13.2. The minimum atomic E-state index is 0. The van der Waals surface area contributed by atoms with Gasteiger partial charge in [-0.3, -0.25) is 9.48 Å². The molecule has 0 spiro atoms. The average Bonchev–Trinajstić information content (AvgIpc) is 3.41. The molecule has 1 aromatic carbocycles. The second kappa shape index (κ2) is 8.90. The van der Waals surface area contributed by atoms with E-state index >= 15 is 0 Å². The lowest BCUT2D eigenvalue weighted by Gasteiger charge is -2.21. The van der Waals surface area contributed by atoms with Crippen molar-refractivity contribution in [1.82, 2.24) is 14.7 Å². The largest absolute Gasteiger partial charge is 0.335 e. The maximum atomic E-state index is 13.3. The van der Waals surface area contributed by atoms with Crippen molar-refractivity contribution in [2.45, 2.75) is 25.9 Å². The molecule has 1 saturated heterocycles. The number of halogens is 1. The Morgan fingerprint density at radius 2 is 2.04 bits per heavy atom. The Morgan fingerprint density at radius 3 is 2.68 bits per heavy atom. The number of amides is 1. The first kappa shape index (κ1) is 20.6. The van der Waals surface area contributed by atoms with Crippen LogP contribution in [0, 0.1) is 5.92 Å². The fourth-order valence-electron chi connectivity index (χ4n) is 3.78. The zero-order valence-electron chi connectivity index (χ0n) is 15.8. The highest BCUT2D eigenvalue weighted by Crippen LogP contribution is 2.30. The van der Waals surface area contributed by atoms with Crippen molar-refractivity contribution in [1.29, 1.82) is 0 Å². The number of rotatable bonds is 5. The first-order valence-corrected chi connectivity index (χ1v) is 10.2. The highest BCUT2D eigenvalue weighted by atomic mass is 35.5. The van der Waals surface area contributed by atoms with Crippen molar-refractivity contribution in [2.75, 3.05) is 13.1 Å². The minimum absolute atomic E-state index is 0. The van der Waals surface area contributed by atoms with Gasteiger partial charge in [0.05, 0.1) is 17.0 Å². The van der Waals surface area contributed by atoms with Crippen molar-refractivity contribution < 1.29 is 4.79 Å². The van der Waals surface area contributed by atoms with Crippen LogP contribution in [0.1, 0.15) is 29.3 Å². The van der Waals surface area contributed by atoms with Gasteiger partial charge in [0.1, 0.15) is 5.69 Å². The number of thiophene rings is 1. The summed E-state index contributed by atoms with van der Waals surface area (Å²) in [5, 5.41) is 6.78. The number of hydrogen-bond acceptors (Lipinski definition) is 4. The van der Waals surface area contributed by atoms with E-state index in [1.54, 1.807) is 11.3 Å². The van der Waals surface area contributed by atoms with Gasteiger partial charge in [0.25, 0.3) is 5.91 Å². The van der Waals surface area contributed by atoms with Gasteiger partial charge in [-0.2, -0.15) is 5.10 Å². The summed E-state index contributed by atoms with van der Waals surface area (Å²) in [7, 11) is 0. The van der Waals surface area contributed by atoms with Gasteiger partial charge in [0, 0.05) is 18.8 Å². The minimum Gasteiger partial charge on any atom is -0.335 e. The summed E-state index contributed by atoms with van der Waals surface area (Å²) in [6.45, 7) is 4.10. The second-order valence-corrected chi connectivity index (χ2v) is 8.14. The number of carbonyl (C=O) groups excluding carboxylic acids is 1. The average molecular weight is 417 g/mol. The third-order valence-corrected chi connectivity index (χ3v) is 6.07. The first-order valence-electron chi connectivity index (χ1n) is 9.32. The van der Waals surface area contributed by atoms with Gasteiger partial charge in [0.15, 0.2) is 0 Å². The maximum absolute atomic E-state index is 13.3. The summed E-state index contributed by atoms with van der Waals surface area (Å²) in [5.41, 5.74) is 8.45. The van der Waals surface area contributed by atoms with E-state index in [9.17, 15) is 4.79 Å². The van der Waals surface area contributed by atoms with E-state index in [4.69, 9.17) is 10.8 Å². The van der Waals surface area contributed by atoms with Gasteiger partial charge >= 0.3 is 0 Å². The van der Waals surface area contributed by atoms with Gasteiger partial charge < -0.3 is 10.6 Å². The summed E-state index contributed by atoms with van der Waals surface area (Å²) < 4.78 is 1.87. The Hall–Kier alpha value is -2.15. The molecule has 3 heterocycles. The third-order valence-electron chi connectivity index (χ3n) is 5.19. The van der Waals surface area contributed by atoms with Crippen LogP contribution in [-0.4, -0.2) is 39.7 Å². The summed E-state index contributed by atoms with van der Waals surface area (Å²) in [5.74, 6) is 0.440. The van der Waals surface area contributed by atoms with Gasteiger partial charge in [0.2, 0.25) is 0 Å². The number of likely N-dealkylation sites (tertiary alicyclic amines) is 1. The lowest BCUT2D eigenvalue weighted by Crippen LogP contribution is -2.34. The number of hydrogen-bond donors (Lipinski definition) is 1. The Bertz CT molecular complexity index is 910. The second-order valence-electron chi connectivity index (χ2n) is 7.20. The van der Waals surface area contributed by atoms with Crippen LogP contribution in [0.15, 0.2) is 54.0 Å². The third kappa shape index (κ3) is 4.14. The highest BCUT2D eigenvalue weighted by Gasteiger charge is 2.34. The van der Waals surface area contributed by atoms with E-state index in [1.807, 2.05) is 51.5 Å². The van der Waals surface area contributed by atoms with Crippen LogP contribution in [0.3, 0.4) is 0 Å². The SMILES string of the molecule is CC1CC(CN)CN1C(=O)c1cn(Cc2ccccc2)nc1-c1cccs1.Cl. The molecule has 0 saturated carbocycles. The fourth-order valence-corrected chi connectivity index (χ4v) is 4.50. The van der Waals surface area contributed by atoms with Crippen molar-refractivity contribution in [3.05, 3.63) is 65.2 Å². The zero-order valence-corrected chi connectivity index (χ0v) is 17.5. The summed E-state index contributed by atoms with van der Waals surface area (Å²) in [6.07, 6.45) is 2.86.